The zero-order valence-corrected chi connectivity index (χ0v) is 40.6. The van der Waals surface area contributed by atoms with Gasteiger partial charge in [-0.05, 0) is 64.2 Å². The van der Waals surface area contributed by atoms with E-state index in [0.29, 0.717) is 12.8 Å². The zero-order valence-electron chi connectivity index (χ0n) is 40.6. The predicted molar refractivity (Wildman–Crippen MR) is 254 cm³/mol. The number of nitrogens with zero attached hydrogens (tertiary/aromatic N) is 1. The number of carboxylic acids is 1. The predicted octanol–water partition coefficient (Wildman–Crippen LogP) is 13.3. The van der Waals surface area contributed by atoms with Gasteiger partial charge in [0.2, 0.25) is 0 Å². The number of allylic oxidation sites excluding steroid dienone is 6. The third kappa shape index (κ3) is 42.6. The van der Waals surface area contributed by atoms with Gasteiger partial charge in [-0.3, -0.25) is 9.59 Å². The van der Waals surface area contributed by atoms with Crippen molar-refractivity contribution in [2.75, 3.05) is 41.0 Å². The van der Waals surface area contributed by atoms with Crippen LogP contribution in [0.25, 0.3) is 0 Å². The fourth-order valence-corrected chi connectivity index (χ4v) is 7.53. The number of hydrogen-bond acceptors (Lipinski definition) is 7. The highest BCUT2D eigenvalue weighted by atomic mass is 16.6. The molecule has 0 aromatic rings. The summed E-state index contributed by atoms with van der Waals surface area (Å²) in [6.07, 6.45) is 51.7. The van der Waals surface area contributed by atoms with Gasteiger partial charge in [-0.1, -0.05) is 185 Å². The molecule has 8 nitrogen and oxygen atoms in total. The van der Waals surface area contributed by atoms with Gasteiger partial charge in [-0.25, -0.2) is 0 Å². The molecule has 0 bridgehead atoms. The van der Waals surface area contributed by atoms with Crippen LogP contribution in [0.2, 0.25) is 0 Å². The number of carbonyl (C=O) groups excluding carboxylic acids is 3. The van der Waals surface area contributed by atoms with Gasteiger partial charge < -0.3 is 28.6 Å². The Balaban J connectivity index is 4.28. The maximum Gasteiger partial charge on any atom is 0.306 e. The van der Waals surface area contributed by atoms with Crippen LogP contribution in [-0.2, 0) is 28.6 Å². The fourth-order valence-electron chi connectivity index (χ4n) is 7.53. The molecule has 356 valence electrons. The minimum absolute atomic E-state index is 0.0345. The van der Waals surface area contributed by atoms with Crippen molar-refractivity contribution in [3.05, 3.63) is 36.5 Å². The van der Waals surface area contributed by atoms with Crippen molar-refractivity contribution in [3.8, 4) is 0 Å². The summed E-state index contributed by atoms with van der Waals surface area (Å²) in [4.78, 5) is 37.0. The van der Waals surface area contributed by atoms with Crippen LogP contribution in [0.15, 0.2) is 36.5 Å². The van der Waals surface area contributed by atoms with E-state index < -0.39 is 18.1 Å². The molecule has 61 heavy (non-hydrogen) atoms. The lowest BCUT2D eigenvalue weighted by atomic mass is 10.1. The standard InChI is InChI=1S/C53H97NO7/c1-6-8-10-12-14-16-18-20-22-24-26-28-29-31-33-35-37-39-41-43-51(55)60-48-49(47-59-46-45-50(53(57)58)54(3,4)5)61-52(56)44-42-40-38-36-34-32-30-27-25-23-21-19-17-15-13-11-9-7-2/h23-27,30,49-50H,6-22,28-29,31-48H2,1-5H3/b25-23+,26-24+,30-27+. The van der Waals surface area contributed by atoms with Gasteiger partial charge in [-0.15, -0.1) is 0 Å². The van der Waals surface area contributed by atoms with Crippen molar-refractivity contribution < 1.29 is 38.2 Å². The molecular formula is C53H97NO7. The molecule has 0 amide bonds. The van der Waals surface area contributed by atoms with Gasteiger partial charge >= 0.3 is 11.9 Å². The second-order valence-electron chi connectivity index (χ2n) is 18.4. The number of aliphatic carboxylic acids is 1. The van der Waals surface area contributed by atoms with Crippen molar-refractivity contribution in [1.29, 1.82) is 0 Å². The van der Waals surface area contributed by atoms with Crippen molar-refractivity contribution in [2.24, 2.45) is 0 Å². The Morgan fingerprint density at radius 2 is 0.869 bits per heavy atom. The molecule has 0 heterocycles. The lowest BCUT2D eigenvalue weighted by Crippen LogP contribution is -2.55. The van der Waals surface area contributed by atoms with Crippen LogP contribution in [0.1, 0.15) is 232 Å². The van der Waals surface area contributed by atoms with Crippen LogP contribution in [0.5, 0.6) is 0 Å². The number of quaternary nitrogens is 1. The SMILES string of the molecule is CCCCCCCCC/C=C/C=C/CCCCCCCC(=O)OC(COCCC(C(=O)[O-])[N+](C)(C)C)COC(=O)CCCCCCCCC/C=C/CCCCCCCCCC. The Morgan fingerprint density at radius 1 is 0.492 bits per heavy atom. The highest BCUT2D eigenvalue weighted by Gasteiger charge is 2.25. The lowest BCUT2D eigenvalue weighted by molar-refractivity contribution is -0.889. The topological polar surface area (TPSA) is 102 Å². The summed E-state index contributed by atoms with van der Waals surface area (Å²) in [5.41, 5.74) is 0. The van der Waals surface area contributed by atoms with E-state index in [0.717, 1.165) is 57.8 Å². The van der Waals surface area contributed by atoms with Crippen molar-refractivity contribution in [1.82, 2.24) is 0 Å². The highest BCUT2D eigenvalue weighted by Crippen LogP contribution is 2.15. The van der Waals surface area contributed by atoms with Crippen LogP contribution in [0, 0.1) is 0 Å². The molecule has 8 heteroatoms. The third-order valence-electron chi connectivity index (χ3n) is 11.5. The Bertz CT molecular complexity index is 1090. The highest BCUT2D eigenvalue weighted by molar-refractivity contribution is 5.70. The first-order valence-corrected chi connectivity index (χ1v) is 25.5. The third-order valence-corrected chi connectivity index (χ3v) is 11.5. The Morgan fingerprint density at radius 3 is 1.28 bits per heavy atom. The monoisotopic (exact) mass is 860 g/mol. The molecule has 0 fully saturated rings. The molecule has 0 saturated heterocycles. The van der Waals surface area contributed by atoms with E-state index in [9.17, 15) is 19.5 Å². The summed E-state index contributed by atoms with van der Waals surface area (Å²) in [5, 5.41) is 11.7. The Hall–Kier alpha value is -2.45. The Kier molecular flexibility index (Phi) is 42.4. The molecule has 0 radical (unpaired) electrons. The number of rotatable bonds is 46. The van der Waals surface area contributed by atoms with Crippen LogP contribution in [-0.4, -0.2) is 75.5 Å². The molecule has 0 aliphatic rings. The number of likely N-dealkylation sites (N-methyl/N-ethyl adjacent to an activating group) is 1. The van der Waals surface area contributed by atoms with Crippen molar-refractivity contribution in [2.45, 2.75) is 244 Å². The van der Waals surface area contributed by atoms with Gasteiger partial charge in [-0.2, -0.15) is 0 Å². The minimum Gasteiger partial charge on any atom is -0.544 e. The maximum absolute atomic E-state index is 12.8. The van der Waals surface area contributed by atoms with E-state index >= 15 is 0 Å². The zero-order chi connectivity index (χ0) is 44.9. The van der Waals surface area contributed by atoms with Gasteiger partial charge in [0, 0.05) is 19.3 Å². The summed E-state index contributed by atoms with van der Waals surface area (Å²) >= 11 is 0. The molecule has 2 atom stereocenters. The van der Waals surface area contributed by atoms with Gasteiger partial charge in [0.25, 0.3) is 0 Å². The summed E-state index contributed by atoms with van der Waals surface area (Å²) in [6, 6.07) is -0.729. The average molecular weight is 860 g/mol. The summed E-state index contributed by atoms with van der Waals surface area (Å²) in [6.45, 7) is 4.66. The van der Waals surface area contributed by atoms with Crippen LogP contribution in [0.3, 0.4) is 0 Å². The first kappa shape index (κ1) is 58.6. The largest absolute Gasteiger partial charge is 0.544 e. The Labute approximate surface area is 376 Å². The molecule has 0 aliphatic carbocycles. The second-order valence-corrected chi connectivity index (χ2v) is 18.4. The average Bonchev–Trinajstić information content (AvgIpc) is 3.22. The second kappa shape index (κ2) is 44.2. The number of carbonyl (C=O) groups is 3. The summed E-state index contributed by atoms with van der Waals surface area (Å²) in [5.74, 6) is -1.75. The fraction of sp³-hybridized carbons (Fsp3) is 0.830. The molecule has 0 saturated carbocycles. The van der Waals surface area contributed by atoms with Crippen LogP contribution < -0.4 is 5.11 Å². The van der Waals surface area contributed by atoms with E-state index in [1.807, 2.05) is 0 Å². The molecule has 0 aromatic carbocycles. The minimum atomic E-state index is -1.13. The number of unbranched alkanes of at least 4 members (excludes halogenated alkanes) is 27. The van der Waals surface area contributed by atoms with E-state index in [1.54, 1.807) is 21.1 Å². The maximum atomic E-state index is 12.8. The lowest BCUT2D eigenvalue weighted by Gasteiger charge is -2.34. The van der Waals surface area contributed by atoms with Gasteiger partial charge in [0.05, 0.1) is 40.3 Å². The van der Waals surface area contributed by atoms with Crippen molar-refractivity contribution in [3.63, 3.8) is 0 Å². The molecule has 0 aliphatic heterocycles. The number of ether oxygens (including phenoxy) is 3. The van der Waals surface area contributed by atoms with E-state index in [1.165, 1.54) is 141 Å². The molecule has 0 aromatic heterocycles. The normalized spacial score (nSPS) is 13.1. The molecular weight excluding hydrogens is 763 g/mol. The quantitative estimate of drug-likeness (QED) is 0.0197. The molecule has 2 unspecified atom stereocenters. The van der Waals surface area contributed by atoms with Gasteiger partial charge in [0.15, 0.2) is 6.10 Å². The molecule has 0 rings (SSSR count). The summed E-state index contributed by atoms with van der Waals surface area (Å²) in [7, 11) is 5.41. The first-order chi connectivity index (χ1) is 29.6. The molecule has 0 N–H and O–H groups in total. The van der Waals surface area contributed by atoms with Gasteiger partial charge in [0.1, 0.15) is 12.6 Å². The number of carboxylic acid groups (broad SMARTS) is 1. The summed E-state index contributed by atoms with van der Waals surface area (Å²) < 4.78 is 17.2. The first-order valence-electron chi connectivity index (χ1n) is 25.5. The van der Waals surface area contributed by atoms with Crippen molar-refractivity contribution >= 4 is 17.9 Å². The van der Waals surface area contributed by atoms with Crippen LogP contribution in [0.4, 0.5) is 0 Å². The van der Waals surface area contributed by atoms with E-state index in [-0.39, 0.29) is 42.7 Å². The van der Waals surface area contributed by atoms with E-state index in [4.69, 9.17) is 14.2 Å². The molecule has 0 spiro atoms. The van der Waals surface area contributed by atoms with E-state index in [2.05, 4.69) is 50.3 Å². The smallest absolute Gasteiger partial charge is 0.306 e. The number of hydrogen-bond donors (Lipinski definition) is 0. The van der Waals surface area contributed by atoms with Crippen LogP contribution >= 0.6 is 0 Å². The number of esters is 2.